The summed E-state index contributed by atoms with van der Waals surface area (Å²) in [6.45, 7) is 8.80. The van der Waals surface area contributed by atoms with Gasteiger partial charge >= 0.3 is 0 Å². The van der Waals surface area contributed by atoms with E-state index in [9.17, 15) is 0 Å². The highest BCUT2D eigenvalue weighted by atomic mass is 15.1. The van der Waals surface area contributed by atoms with Crippen molar-refractivity contribution in [2.45, 2.75) is 64.3 Å². The van der Waals surface area contributed by atoms with Crippen LogP contribution in [0, 0.1) is 6.92 Å². The topological polar surface area (TPSA) is 3.24 Å². The first kappa shape index (κ1) is 12.0. The maximum absolute atomic E-state index is 3.94. The van der Waals surface area contributed by atoms with Gasteiger partial charge in [-0.2, -0.15) is 0 Å². The van der Waals surface area contributed by atoms with Crippen LogP contribution in [-0.2, 0) is 0 Å². The standard InChI is InChI=1S/C13H26N/c1-3-5-12-14(11-4-2)13-9-7-6-8-10-13/h13H,1,3-12H2,2H3. The lowest BCUT2D eigenvalue weighted by atomic mass is 9.94. The molecule has 0 aliphatic heterocycles. The van der Waals surface area contributed by atoms with Crippen molar-refractivity contribution < 1.29 is 0 Å². The Morgan fingerprint density at radius 3 is 2.43 bits per heavy atom. The molecule has 1 saturated carbocycles. The molecular formula is C13H26N. The van der Waals surface area contributed by atoms with Gasteiger partial charge in [-0.05, 0) is 38.8 Å². The van der Waals surface area contributed by atoms with Crippen molar-refractivity contribution >= 4 is 0 Å². The third-order valence-electron chi connectivity index (χ3n) is 3.30. The lowest BCUT2D eigenvalue weighted by Gasteiger charge is -2.34. The minimum absolute atomic E-state index is 0.898. The van der Waals surface area contributed by atoms with E-state index in [4.69, 9.17) is 0 Å². The molecule has 0 atom stereocenters. The van der Waals surface area contributed by atoms with E-state index in [-0.39, 0.29) is 0 Å². The van der Waals surface area contributed by atoms with Gasteiger partial charge in [-0.25, -0.2) is 0 Å². The van der Waals surface area contributed by atoms with Gasteiger partial charge < -0.3 is 4.90 Å². The fourth-order valence-electron chi connectivity index (χ4n) is 2.53. The summed E-state index contributed by atoms with van der Waals surface area (Å²) in [5.74, 6) is 0. The van der Waals surface area contributed by atoms with Crippen LogP contribution in [0.2, 0.25) is 0 Å². The van der Waals surface area contributed by atoms with E-state index in [2.05, 4.69) is 18.7 Å². The summed E-state index contributed by atoms with van der Waals surface area (Å²) < 4.78 is 0. The Bertz CT molecular complexity index is 127. The Kier molecular flexibility index (Phi) is 6.25. The molecule has 0 aromatic rings. The van der Waals surface area contributed by atoms with Gasteiger partial charge in [0.15, 0.2) is 0 Å². The van der Waals surface area contributed by atoms with Crippen molar-refractivity contribution in [2.24, 2.45) is 0 Å². The predicted octanol–water partition coefficient (Wildman–Crippen LogP) is 3.65. The molecule has 0 aromatic heterocycles. The summed E-state index contributed by atoms with van der Waals surface area (Å²) in [6, 6.07) is 0.898. The number of hydrogen-bond donors (Lipinski definition) is 0. The zero-order valence-corrected chi connectivity index (χ0v) is 9.80. The van der Waals surface area contributed by atoms with Crippen molar-refractivity contribution in [2.75, 3.05) is 13.1 Å². The lowest BCUT2D eigenvalue weighted by Crippen LogP contribution is -2.38. The molecule has 14 heavy (non-hydrogen) atoms. The summed E-state index contributed by atoms with van der Waals surface area (Å²) in [5.41, 5.74) is 0. The molecule has 1 heteroatoms. The molecule has 1 rings (SSSR count). The Morgan fingerprint density at radius 2 is 1.86 bits per heavy atom. The van der Waals surface area contributed by atoms with Gasteiger partial charge in [-0.3, -0.25) is 0 Å². The van der Waals surface area contributed by atoms with E-state index in [0.29, 0.717) is 0 Å². The van der Waals surface area contributed by atoms with E-state index < -0.39 is 0 Å². The number of rotatable bonds is 6. The fourth-order valence-corrected chi connectivity index (χ4v) is 2.53. The number of unbranched alkanes of at least 4 members (excludes halogenated alkanes) is 1. The first-order valence-electron chi connectivity index (χ1n) is 6.41. The molecular weight excluding hydrogens is 170 g/mol. The fraction of sp³-hybridized carbons (Fsp3) is 0.923. The van der Waals surface area contributed by atoms with Crippen LogP contribution in [0.25, 0.3) is 0 Å². The summed E-state index contributed by atoms with van der Waals surface area (Å²) in [6.07, 6.45) is 10.9. The molecule has 0 spiro atoms. The van der Waals surface area contributed by atoms with Gasteiger partial charge in [-0.1, -0.05) is 39.5 Å². The third kappa shape index (κ3) is 4.00. The molecule has 1 nitrogen and oxygen atoms in total. The summed E-state index contributed by atoms with van der Waals surface area (Å²) >= 11 is 0. The number of nitrogens with zero attached hydrogens (tertiary/aromatic N) is 1. The molecule has 1 aliphatic rings. The van der Waals surface area contributed by atoms with Crippen LogP contribution in [0.3, 0.4) is 0 Å². The van der Waals surface area contributed by atoms with Crippen LogP contribution >= 0.6 is 0 Å². The van der Waals surface area contributed by atoms with E-state index in [1.807, 2.05) is 0 Å². The van der Waals surface area contributed by atoms with Crippen LogP contribution < -0.4 is 0 Å². The average Bonchev–Trinajstić information content (AvgIpc) is 2.25. The van der Waals surface area contributed by atoms with Crippen molar-refractivity contribution in [3.63, 3.8) is 0 Å². The van der Waals surface area contributed by atoms with Crippen LogP contribution in [0.15, 0.2) is 0 Å². The Morgan fingerprint density at radius 1 is 1.14 bits per heavy atom. The van der Waals surface area contributed by atoms with Crippen LogP contribution in [-0.4, -0.2) is 24.0 Å². The van der Waals surface area contributed by atoms with Gasteiger partial charge in [0, 0.05) is 6.04 Å². The molecule has 0 bridgehead atoms. The van der Waals surface area contributed by atoms with Gasteiger partial charge in [0.25, 0.3) is 0 Å². The molecule has 0 N–H and O–H groups in total. The normalized spacial score (nSPS) is 19.1. The zero-order chi connectivity index (χ0) is 10.2. The van der Waals surface area contributed by atoms with Crippen LogP contribution in [0.1, 0.15) is 58.3 Å². The van der Waals surface area contributed by atoms with E-state index in [1.165, 1.54) is 58.0 Å². The highest BCUT2D eigenvalue weighted by Gasteiger charge is 2.19. The molecule has 1 fully saturated rings. The minimum Gasteiger partial charge on any atom is -0.300 e. The van der Waals surface area contributed by atoms with Gasteiger partial charge in [0.1, 0.15) is 0 Å². The Balaban J connectivity index is 2.30. The van der Waals surface area contributed by atoms with Crippen molar-refractivity contribution in [3.05, 3.63) is 6.92 Å². The smallest absolute Gasteiger partial charge is 0.00952 e. The van der Waals surface area contributed by atoms with E-state index >= 15 is 0 Å². The summed E-state index contributed by atoms with van der Waals surface area (Å²) in [5, 5.41) is 0. The maximum atomic E-state index is 3.94. The average molecular weight is 196 g/mol. The quantitative estimate of drug-likeness (QED) is 0.627. The monoisotopic (exact) mass is 196 g/mol. The molecule has 0 amide bonds. The molecule has 1 aliphatic carbocycles. The van der Waals surface area contributed by atoms with Gasteiger partial charge in [-0.15, -0.1) is 0 Å². The van der Waals surface area contributed by atoms with E-state index in [0.717, 1.165) is 12.5 Å². The van der Waals surface area contributed by atoms with Crippen molar-refractivity contribution in [1.82, 2.24) is 4.90 Å². The number of hydrogen-bond acceptors (Lipinski definition) is 1. The van der Waals surface area contributed by atoms with Crippen molar-refractivity contribution in [3.8, 4) is 0 Å². The summed E-state index contributed by atoms with van der Waals surface area (Å²) in [7, 11) is 0. The highest BCUT2D eigenvalue weighted by Crippen LogP contribution is 2.22. The molecule has 0 unspecified atom stereocenters. The second kappa shape index (κ2) is 7.28. The predicted molar refractivity (Wildman–Crippen MR) is 63.3 cm³/mol. The first-order valence-corrected chi connectivity index (χ1v) is 6.41. The molecule has 83 valence electrons. The van der Waals surface area contributed by atoms with Crippen molar-refractivity contribution in [1.29, 1.82) is 0 Å². The minimum atomic E-state index is 0.898. The zero-order valence-electron chi connectivity index (χ0n) is 9.80. The lowest BCUT2D eigenvalue weighted by molar-refractivity contribution is 0.154. The second-order valence-corrected chi connectivity index (χ2v) is 4.53. The van der Waals surface area contributed by atoms with Crippen LogP contribution in [0.4, 0.5) is 0 Å². The SMILES string of the molecule is [CH2]CCCN(CCC)C1CCCCC1. The molecule has 0 aromatic carbocycles. The summed E-state index contributed by atoms with van der Waals surface area (Å²) in [4.78, 5) is 2.71. The van der Waals surface area contributed by atoms with E-state index in [1.54, 1.807) is 0 Å². The van der Waals surface area contributed by atoms with Crippen LogP contribution in [0.5, 0.6) is 0 Å². The third-order valence-corrected chi connectivity index (χ3v) is 3.30. The largest absolute Gasteiger partial charge is 0.300 e. The van der Waals surface area contributed by atoms with Gasteiger partial charge in [0.05, 0.1) is 0 Å². The Labute approximate surface area is 89.9 Å². The second-order valence-electron chi connectivity index (χ2n) is 4.53. The van der Waals surface area contributed by atoms with Gasteiger partial charge in [0.2, 0.25) is 0 Å². The highest BCUT2D eigenvalue weighted by molar-refractivity contribution is 4.75. The molecule has 1 radical (unpaired) electrons. The molecule has 0 saturated heterocycles. The molecule has 0 heterocycles. The maximum Gasteiger partial charge on any atom is 0.00952 e. The first-order chi connectivity index (χ1) is 6.88. The Hall–Kier alpha value is -0.0400.